The third kappa shape index (κ3) is 4.37. The van der Waals surface area contributed by atoms with Crippen LogP contribution in [0.2, 0.25) is 0 Å². The van der Waals surface area contributed by atoms with Gasteiger partial charge in [0, 0.05) is 18.7 Å². The Bertz CT molecular complexity index is 1020. The van der Waals surface area contributed by atoms with Crippen molar-refractivity contribution >= 4 is 22.8 Å². The van der Waals surface area contributed by atoms with E-state index in [9.17, 15) is 9.59 Å². The van der Waals surface area contributed by atoms with Gasteiger partial charge in [0.25, 0.3) is 5.91 Å². The van der Waals surface area contributed by atoms with Crippen molar-refractivity contribution in [1.29, 1.82) is 0 Å². The number of carbonyl (C=O) groups is 2. The molecule has 4 rings (SSSR count). The van der Waals surface area contributed by atoms with Crippen LogP contribution >= 0.6 is 0 Å². The first kappa shape index (κ1) is 20.1. The second-order valence-electron chi connectivity index (χ2n) is 7.90. The molecule has 1 atom stereocenters. The predicted octanol–water partition coefficient (Wildman–Crippen LogP) is 3.93. The van der Waals surface area contributed by atoms with Crippen molar-refractivity contribution in [3.63, 3.8) is 0 Å². The zero-order valence-corrected chi connectivity index (χ0v) is 17.4. The van der Waals surface area contributed by atoms with Crippen LogP contribution in [0, 0.1) is 0 Å². The highest BCUT2D eigenvalue weighted by atomic mass is 16.2. The van der Waals surface area contributed by atoms with Crippen LogP contribution in [0.25, 0.3) is 11.0 Å². The largest absolute Gasteiger partial charge is 0.342 e. The summed E-state index contributed by atoms with van der Waals surface area (Å²) in [5.74, 6) is 0.659. The van der Waals surface area contributed by atoms with E-state index in [0.717, 1.165) is 37.0 Å². The lowest BCUT2D eigenvalue weighted by molar-refractivity contribution is -0.131. The van der Waals surface area contributed by atoms with Crippen molar-refractivity contribution in [3.05, 3.63) is 66.0 Å². The number of para-hydroxylation sites is 2. The smallest absolute Gasteiger partial charge is 0.251 e. The number of benzene rings is 2. The lowest BCUT2D eigenvalue weighted by Crippen LogP contribution is -2.36. The van der Waals surface area contributed by atoms with Gasteiger partial charge < -0.3 is 14.8 Å². The molecule has 0 aliphatic carbocycles. The maximum absolute atomic E-state index is 13.1. The summed E-state index contributed by atoms with van der Waals surface area (Å²) in [6, 6.07) is 16.6. The molecule has 2 aromatic carbocycles. The summed E-state index contributed by atoms with van der Waals surface area (Å²) >= 11 is 0. The summed E-state index contributed by atoms with van der Waals surface area (Å²) in [6.07, 6.45) is 4.50. The van der Waals surface area contributed by atoms with Crippen molar-refractivity contribution in [2.24, 2.45) is 0 Å². The summed E-state index contributed by atoms with van der Waals surface area (Å²) in [5, 5.41) is 3.03. The minimum Gasteiger partial charge on any atom is -0.342 e. The fourth-order valence-corrected chi connectivity index (χ4v) is 4.08. The van der Waals surface area contributed by atoms with E-state index in [1.165, 1.54) is 12.8 Å². The minimum atomic E-state index is -0.331. The first-order valence-corrected chi connectivity index (χ1v) is 10.7. The Balaban J connectivity index is 1.59. The van der Waals surface area contributed by atoms with Crippen LogP contribution in [0.5, 0.6) is 0 Å². The van der Waals surface area contributed by atoms with Gasteiger partial charge in [-0.2, -0.15) is 0 Å². The maximum Gasteiger partial charge on any atom is 0.251 e. The summed E-state index contributed by atoms with van der Waals surface area (Å²) < 4.78 is 1.96. The maximum atomic E-state index is 13.1. The molecule has 30 heavy (non-hydrogen) atoms. The fraction of sp³-hybridized carbons (Fsp3) is 0.375. The number of likely N-dealkylation sites (tertiary alicyclic amines) is 1. The van der Waals surface area contributed by atoms with Crippen LogP contribution in [0.15, 0.2) is 54.6 Å². The third-order valence-corrected chi connectivity index (χ3v) is 5.71. The van der Waals surface area contributed by atoms with E-state index < -0.39 is 0 Å². The topological polar surface area (TPSA) is 67.2 Å². The molecule has 2 amide bonds. The quantitative estimate of drug-likeness (QED) is 0.701. The highest BCUT2D eigenvalue weighted by Crippen LogP contribution is 2.22. The molecule has 1 aliphatic heterocycles. The number of nitrogens with zero attached hydrogens (tertiary/aromatic N) is 3. The monoisotopic (exact) mass is 404 g/mol. The number of nitrogens with one attached hydrogen (secondary N) is 1. The fourth-order valence-electron chi connectivity index (χ4n) is 4.08. The van der Waals surface area contributed by atoms with E-state index in [4.69, 9.17) is 4.98 Å². The van der Waals surface area contributed by atoms with Crippen LogP contribution in [0.3, 0.4) is 0 Å². The highest BCUT2D eigenvalue weighted by molar-refractivity contribution is 5.94. The normalized spacial score (nSPS) is 15.6. The Labute approximate surface area is 176 Å². The molecule has 1 saturated heterocycles. The number of rotatable bonds is 5. The molecular weight excluding hydrogens is 376 g/mol. The molecule has 0 bridgehead atoms. The number of hydrogen-bond donors (Lipinski definition) is 1. The molecule has 3 aromatic rings. The second-order valence-corrected chi connectivity index (χ2v) is 7.90. The van der Waals surface area contributed by atoms with Crippen molar-refractivity contribution in [3.8, 4) is 0 Å². The van der Waals surface area contributed by atoms with Gasteiger partial charge in [-0.3, -0.25) is 9.59 Å². The average Bonchev–Trinajstić information content (AvgIpc) is 2.93. The highest BCUT2D eigenvalue weighted by Gasteiger charge is 2.23. The molecule has 0 radical (unpaired) electrons. The van der Waals surface area contributed by atoms with E-state index in [1.807, 2.05) is 58.9 Å². The van der Waals surface area contributed by atoms with E-state index in [-0.39, 0.29) is 24.4 Å². The predicted molar refractivity (Wildman–Crippen MR) is 117 cm³/mol. The molecule has 1 aliphatic rings. The van der Waals surface area contributed by atoms with Gasteiger partial charge in [-0.15, -0.1) is 0 Å². The van der Waals surface area contributed by atoms with E-state index in [0.29, 0.717) is 11.4 Å². The molecule has 156 valence electrons. The minimum absolute atomic E-state index is 0.114. The Morgan fingerprint density at radius 2 is 1.63 bits per heavy atom. The lowest BCUT2D eigenvalue weighted by Gasteiger charge is -2.22. The summed E-state index contributed by atoms with van der Waals surface area (Å²) in [5.41, 5.74) is 2.35. The van der Waals surface area contributed by atoms with Crippen LogP contribution < -0.4 is 5.32 Å². The van der Waals surface area contributed by atoms with Gasteiger partial charge in [0.05, 0.1) is 17.1 Å². The van der Waals surface area contributed by atoms with Gasteiger partial charge in [0.15, 0.2) is 0 Å². The third-order valence-electron chi connectivity index (χ3n) is 5.71. The van der Waals surface area contributed by atoms with Crippen LogP contribution in [0.1, 0.15) is 54.8 Å². The molecule has 0 saturated carbocycles. The zero-order chi connectivity index (χ0) is 20.9. The summed E-state index contributed by atoms with van der Waals surface area (Å²) in [7, 11) is 0. The number of carbonyl (C=O) groups excluding carboxylic acids is 2. The molecule has 1 N–H and O–H groups in total. The Kier molecular flexibility index (Phi) is 6.12. The van der Waals surface area contributed by atoms with Crippen LogP contribution in [-0.4, -0.2) is 39.4 Å². The molecule has 1 fully saturated rings. The van der Waals surface area contributed by atoms with Crippen molar-refractivity contribution in [2.75, 3.05) is 13.1 Å². The van der Waals surface area contributed by atoms with Gasteiger partial charge in [-0.1, -0.05) is 43.2 Å². The summed E-state index contributed by atoms with van der Waals surface area (Å²) in [4.78, 5) is 32.4. The van der Waals surface area contributed by atoms with E-state index in [2.05, 4.69) is 5.32 Å². The molecule has 1 aromatic heterocycles. The number of fused-ring (bicyclic) bond motifs is 1. The van der Waals surface area contributed by atoms with Gasteiger partial charge in [-0.05, 0) is 44.0 Å². The molecule has 6 nitrogen and oxygen atoms in total. The number of aromatic nitrogens is 2. The Hall–Kier alpha value is -3.15. The zero-order valence-electron chi connectivity index (χ0n) is 17.4. The number of amides is 2. The first-order valence-electron chi connectivity index (χ1n) is 10.7. The summed E-state index contributed by atoms with van der Waals surface area (Å²) in [6.45, 7) is 3.79. The van der Waals surface area contributed by atoms with E-state index >= 15 is 0 Å². The van der Waals surface area contributed by atoms with Crippen LogP contribution in [-0.2, 0) is 11.3 Å². The SMILES string of the molecule is CC(NC(=O)c1ccccc1)c1nc2ccccc2n1CC(=O)N1CCCCCC1. The van der Waals surface area contributed by atoms with Gasteiger partial charge >= 0.3 is 0 Å². The number of hydrogen-bond acceptors (Lipinski definition) is 3. The molecular formula is C24H28N4O2. The second kappa shape index (κ2) is 9.11. The molecule has 6 heteroatoms. The van der Waals surface area contributed by atoms with Gasteiger partial charge in [0.1, 0.15) is 12.4 Å². The molecule has 2 heterocycles. The number of imidazole rings is 1. The van der Waals surface area contributed by atoms with Crippen molar-refractivity contribution in [1.82, 2.24) is 19.8 Å². The molecule has 0 spiro atoms. The Morgan fingerprint density at radius 1 is 0.967 bits per heavy atom. The Morgan fingerprint density at radius 3 is 2.37 bits per heavy atom. The van der Waals surface area contributed by atoms with Gasteiger partial charge in [0.2, 0.25) is 5.91 Å². The van der Waals surface area contributed by atoms with Crippen molar-refractivity contribution < 1.29 is 9.59 Å². The van der Waals surface area contributed by atoms with E-state index in [1.54, 1.807) is 12.1 Å². The van der Waals surface area contributed by atoms with Crippen LogP contribution in [0.4, 0.5) is 0 Å². The van der Waals surface area contributed by atoms with Gasteiger partial charge in [-0.25, -0.2) is 4.98 Å². The van der Waals surface area contributed by atoms with Crippen molar-refractivity contribution in [2.45, 2.75) is 45.2 Å². The standard InChI is InChI=1S/C24H28N4O2/c1-18(25-24(30)19-11-5-4-6-12-19)23-26-20-13-7-8-14-21(20)28(23)17-22(29)27-15-9-2-3-10-16-27/h4-8,11-14,18H,2-3,9-10,15-17H2,1H3,(H,25,30). The average molecular weight is 405 g/mol. The lowest BCUT2D eigenvalue weighted by atomic mass is 10.2. The molecule has 1 unspecified atom stereocenters. The first-order chi connectivity index (χ1) is 14.6.